The Hall–Kier alpha value is -1.66. The smallest absolute Gasteiger partial charge is 0.217 e. The van der Waals surface area contributed by atoms with E-state index in [0.29, 0.717) is 5.56 Å². The topological polar surface area (TPSA) is 49.3 Å². The highest BCUT2D eigenvalue weighted by Gasteiger charge is 2.00. The average Bonchev–Trinajstić information content (AvgIpc) is 2.18. The molecule has 0 aliphatic heterocycles. The predicted molar refractivity (Wildman–Crippen MR) is 58.7 cm³/mol. The van der Waals surface area contributed by atoms with Gasteiger partial charge in [-0.2, -0.15) is 0 Å². The van der Waals surface area contributed by atoms with E-state index >= 15 is 0 Å². The number of phenolic OH excluding ortho intramolecular Hbond substituents is 1. The Kier molecular flexibility index (Phi) is 4.02. The van der Waals surface area contributed by atoms with Crippen molar-refractivity contribution in [1.29, 1.82) is 0 Å². The van der Waals surface area contributed by atoms with Gasteiger partial charge >= 0.3 is 0 Å². The van der Waals surface area contributed by atoms with E-state index in [1.54, 1.807) is 12.1 Å². The van der Waals surface area contributed by atoms with Gasteiger partial charge in [-0.3, -0.25) is 4.79 Å². The molecule has 1 rings (SSSR count). The van der Waals surface area contributed by atoms with Crippen LogP contribution in [0, 0.1) is 11.8 Å². The Bertz CT molecular complexity index is 432. The zero-order valence-electron chi connectivity index (χ0n) is 8.17. The molecule has 3 nitrogen and oxygen atoms in total. The van der Waals surface area contributed by atoms with Crippen molar-refractivity contribution in [3.05, 3.63) is 28.8 Å². The summed E-state index contributed by atoms with van der Waals surface area (Å²) < 4.78 is 0. The van der Waals surface area contributed by atoms with Crippen LogP contribution >= 0.6 is 11.6 Å². The van der Waals surface area contributed by atoms with Crippen LogP contribution in [0.25, 0.3) is 0 Å². The van der Waals surface area contributed by atoms with Gasteiger partial charge in [0.05, 0.1) is 11.6 Å². The maximum absolute atomic E-state index is 10.5. The van der Waals surface area contributed by atoms with Gasteiger partial charge in [0.1, 0.15) is 5.75 Å². The van der Waals surface area contributed by atoms with Gasteiger partial charge in [-0.05, 0) is 12.1 Å². The largest absolute Gasteiger partial charge is 0.506 e. The minimum absolute atomic E-state index is 0.00277. The van der Waals surface area contributed by atoms with Gasteiger partial charge in [0.25, 0.3) is 0 Å². The van der Waals surface area contributed by atoms with E-state index in [1.807, 2.05) is 0 Å². The van der Waals surface area contributed by atoms with Crippen molar-refractivity contribution in [2.24, 2.45) is 0 Å². The van der Waals surface area contributed by atoms with E-state index in [1.165, 1.54) is 13.0 Å². The molecular weight excluding hydrogens is 214 g/mol. The van der Waals surface area contributed by atoms with Gasteiger partial charge in [-0.25, -0.2) is 0 Å². The Morgan fingerprint density at radius 1 is 1.60 bits per heavy atom. The van der Waals surface area contributed by atoms with E-state index in [-0.39, 0.29) is 23.2 Å². The first-order valence-electron chi connectivity index (χ1n) is 4.32. The van der Waals surface area contributed by atoms with Crippen LogP contribution in [-0.4, -0.2) is 17.6 Å². The molecule has 0 saturated heterocycles. The lowest BCUT2D eigenvalue weighted by atomic mass is 10.2. The van der Waals surface area contributed by atoms with Crippen LogP contribution in [0.5, 0.6) is 5.75 Å². The maximum Gasteiger partial charge on any atom is 0.217 e. The summed E-state index contributed by atoms with van der Waals surface area (Å²) in [7, 11) is 0. The van der Waals surface area contributed by atoms with E-state index in [4.69, 9.17) is 11.6 Å². The molecule has 0 aliphatic rings. The molecule has 2 N–H and O–H groups in total. The summed E-state index contributed by atoms with van der Waals surface area (Å²) in [6.45, 7) is 1.68. The van der Waals surface area contributed by atoms with Crippen LogP contribution in [0.2, 0.25) is 5.02 Å². The Labute approximate surface area is 93.1 Å². The number of halogens is 1. The number of nitrogens with one attached hydrogen (secondary N) is 1. The number of rotatable bonds is 1. The maximum atomic E-state index is 10.5. The molecule has 0 radical (unpaired) electrons. The van der Waals surface area contributed by atoms with Gasteiger partial charge < -0.3 is 10.4 Å². The van der Waals surface area contributed by atoms with Gasteiger partial charge in [-0.1, -0.05) is 29.5 Å². The van der Waals surface area contributed by atoms with Crippen LogP contribution < -0.4 is 5.32 Å². The fourth-order valence-electron chi connectivity index (χ4n) is 0.924. The minimum Gasteiger partial charge on any atom is -0.506 e. The first kappa shape index (κ1) is 11.4. The molecule has 0 aliphatic carbocycles. The lowest BCUT2D eigenvalue weighted by Gasteiger charge is -1.97. The van der Waals surface area contributed by atoms with Crippen molar-refractivity contribution < 1.29 is 9.90 Å². The number of phenols is 1. The molecule has 0 atom stereocenters. The molecule has 78 valence electrons. The number of hydrogen-bond acceptors (Lipinski definition) is 2. The van der Waals surface area contributed by atoms with Crippen LogP contribution in [0.15, 0.2) is 18.2 Å². The third-order valence-electron chi connectivity index (χ3n) is 1.63. The zero-order chi connectivity index (χ0) is 11.3. The summed E-state index contributed by atoms with van der Waals surface area (Å²) in [4.78, 5) is 10.5. The van der Waals surface area contributed by atoms with Gasteiger partial charge in [0.2, 0.25) is 5.91 Å². The molecule has 1 amide bonds. The van der Waals surface area contributed by atoms with Crippen molar-refractivity contribution in [3.8, 4) is 17.6 Å². The molecule has 0 heterocycles. The van der Waals surface area contributed by atoms with Gasteiger partial charge in [0, 0.05) is 12.5 Å². The summed E-state index contributed by atoms with van der Waals surface area (Å²) in [6.07, 6.45) is 0. The third kappa shape index (κ3) is 3.53. The van der Waals surface area contributed by atoms with Crippen molar-refractivity contribution in [3.63, 3.8) is 0 Å². The van der Waals surface area contributed by atoms with E-state index in [0.717, 1.165) is 0 Å². The predicted octanol–water partition coefficient (Wildman–Crippen LogP) is 1.53. The van der Waals surface area contributed by atoms with Crippen LogP contribution in [0.1, 0.15) is 12.5 Å². The molecular formula is C11H10ClNO2. The molecule has 0 spiro atoms. The second-order valence-corrected chi connectivity index (χ2v) is 3.23. The Morgan fingerprint density at radius 2 is 2.33 bits per heavy atom. The van der Waals surface area contributed by atoms with Crippen LogP contribution in [0.3, 0.4) is 0 Å². The molecule has 4 heteroatoms. The van der Waals surface area contributed by atoms with E-state index in [9.17, 15) is 9.90 Å². The van der Waals surface area contributed by atoms with Crippen molar-refractivity contribution in [2.45, 2.75) is 6.92 Å². The van der Waals surface area contributed by atoms with Crippen molar-refractivity contribution >= 4 is 17.5 Å². The number of benzene rings is 1. The highest BCUT2D eigenvalue weighted by atomic mass is 35.5. The van der Waals surface area contributed by atoms with E-state index in [2.05, 4.69) is 17.2 Å². The second-order valence-electron chi connectivity index (χ2n) is 2.85. The fourth-order valence-corrected chi connectivity index (χ4v) is 1.10. The molecule has 15 heavy (non-hydrogen) atoms. The van der Waals surface area contributed by atoms with Crippen molar-refractivity contribution in [2.75, 3.05) is 6.54 Å². The quantitative estimate of drug-likeness (QED) is 0.710. The van der Waals surface area contributed by atoms with Crippen LogP contribution in [0.4, 0.5) is 0 Å². The first-order chi connectivity index (χ1) is 7.11. The molecule has 0 bridgehead atoms. The normalized spacial score (nSPS) is 8.93. The molecule has 0 fully saturated rings. The van der Waals surface area contributed by atoms with Gasteiger partial charge in [-0.15, -0.1) is 0 Å². The highest BCUT2D eigenvalue weighted by Crippen LogP contribution is 2.25. The number of hydrogen-bond donors (Lipinski definition) is 2. The lowest BCUT2D eigenvalue weighted by Crippen LogP contribution is -2.19. The fraction of sp³-hybridized carbons (Fsp3) is 0.182. The average molecular weight is 224 g/mol. The molecule has 1 aromatic carbocycles. The summed E-state index contributed by atoms with van der Waals surface area (Å²) in [5.41, 5.74) is 0.544. The first-order valence-corrected chi connectivity index (χ1v) is 4.70. The second kappa shape index (κ2) is 5.28. The molecule has 0 saturated carbocycles. The molecule has 1 aromatic rings. The van der Waals surface area contributed by atoms with Crippen molar-refractivity contribution in [1.82, 2.24) is 5.32 Å². The standard InChI is InChI=1S/C11H10ClNO2/c1-8(14)13-7-3-5-9-4-2-6-10(15)11(9)12/h2,4,6,15H,7H2,1H3,(H,13,14). The number of aromatic hydroxyl groups is 1. The summed E-state index contributed by atoms with van der Waals surface area (Å²) in [5.74, 6) is 5.35. The number of carbonyl (C=O) groups excluding carboxylic acids is 1. The molecule has 0 unspecified atom stereocenters. The lowest BCUT2D eigenvalue weighted by molar-refractivity contribution is -0.118. The van der Waals surface area contributed by atoms with Crippen LogP contribution in [-0.2, 0) is 4.79 Å². The number of carbonyl (C=O) groups is 1. The highest BCUT2D eigenvalue weighted by molar-refractivity contribution is 6.33. The SMILES string of the molecule is CC(=O)NCC#Cc1cccc(O)c1Cl. The Balaban J connectivity index is 2.72. The van der Waals surface area contributed by atoms with E-state index < -0.39 is 0 Å². The summed E-state index contributed by atoms with van der Waals surface area (Å²) in [5, 5.41) is 12.0. The number of amides is 1. The zero-order valence-corrected chi connectivity index (χ0v) is 8.93. The summed E-state index contributed by atoms with van der Waals surface area (Å²) >= 11 is 5.79. The Morgan fingerprint density at radius 3 is 3.00 bits per heavy atom. The monoisotopic (exact) mass is 223 g/mol. The summed E-state index contributed by atoms with van der Waals surface area (Å²) in [6, 6.07) is 4.84. The minimum atomic E-state index is -0.133. The molecule has 0 aromatic heterocycles. The third-order valence-corrected chi connectivity index (χ3v) is 2.02. The van der Waals surface area contributed by atoms with Gasteiger partial charge in [0.15, 0.2) is 0 Å².